The van der Waals surface area contributed by atoms with Crippen LogP contribution < -0.4 is 20.4 Å². The predicted molar refractivity (Wildman–Crippen MR) is 186 cm³/mol. The molecule has 10 heteroatoms. The first kappa shape index (κ1) is 31.7. The van der Waals surface area contributed by atoms with E-state index in [1.165, 1.54) is 11.3 Å². The Morgan fingerprint density at radius 3 is 1.37 bits per heavy atom. The molecule has 5 rings (SSSR count). The van der Waals surface area contributed by atoms with Gasteiger partial charge in [0.1, 0.15) is 10.6 Å². The van der Waals surface area contributed by atoms with Crippen molar-refractivity contribution in [1.29, 1.82) is 0 Å². The van der Waals surface area contributed by atoms with Crippen molar-refractivity contribution in [3.05, 3.63) is 142 Å². The van der Waals surface area contributed by atoms with Crippen LogP contribution in [0.5, 0.6) is 0 Å². The topological polar surface area (TPSA) is 103 Å². The van der Waals surface area contributed by atoms with Gasteiger partial charge in [0.25, 0.3) is 11.8 Å². The van der Waals surface area contributed by atoms with Gasteiger partial charge in [0.05, 0.1) is 0 Å². The van der Waals surface area contributed by atoms with Gasteiger partial charge in [-0.1, -0.05) is 35.5 Å². The summed E-state index contributed by atoms with van der Waals surface area (Å²) in [4.78, 5) is 47.9. The summed E-state index contributed by atoms with van der Waals surface area (Å²) < 4.78 is 0. The Hall–Kier alpha value is -5.74. The summed E-state index contributed by atoms with van der Waals surface area (Å²) in [5.41, 5.74) is 5.98. The average Bonchev–Trinajstić information content (AvgIpc) is 3.62. The Kier molecular flexibility index (Phi) is 9.89. The van der Waals surface area contributed by atoms with E-state index in [-0.39, 0.29) is 11.8 Å². The predicted octanol–water partition coefficient (Wildman–Crippen LogP) is 6.99. The van der Waals surface area contributed by atoms with Crippen LogP contribution in [0.25, 0.3) is 0 Å². The maximum Gasteiger partial charge on any atom is 0.375 e. The summed E-state index contributed by atoms with van der Waals surface area (Å²) in [6.45, 7) is 0. The maximum atomic E-state index is 12.8. The fraction of sp³-hybridized carbons (Fsp3) is 0.111. The van der Waals surface area contributed by atoms with Crippen LogP contribution in [-0.2, 0) is 4.84 Å². The zero-order valence-corrected chi connectivity index (χ0v) is 26.7. The Labute approximate surface area is 271 Å². The Morgan fingerprint density at radius 2 is 1.00 bits per heavy atom. The number of thiophene rings is 1. The first-order valence-corrected chi connectivity index (χ1v) is 15.3. The van der Waals surface area contributed by atoms with Crippen LogP contribution in [0.1, 0.15) is 41.5 Å². The third-order valence-corrected chi connectivity index (χ3v) is 7.92. The molecule has 1 aromatic heterocycles. The van der Waals surface area contributed by atoms with Gasteiger partial charge in [-0.3, -0.25) is 9.59 Å². The van der Waals surface area contributed by atoms with Crippen LogP contribution in [0.2, 0.25) is 0 Å². The molecule has 1 heterocycles. The first-order valence-electron chi connectivity index (χ1n) is 14.4. The van der Waals surface area contributed by atoms with E-state index in [2.05, 4.69) is 15.8 Å². The molecule has 2 amide bonds. The van der Waals surface area contributed by atoms with Gasteiger partial charge in [-0.15, -0.1) is 11.3 Å². The maximum absolute atomic E-state index is 12.8. The van der Waals surface area contributed by atoms with Crippen LogP contribution in [0.4, 0.5) is 22.7 Å². The van der Waals surface area contributed by atoms with Crippen LogP contribution >= 0.6 is 11.3 Å². The highest BCUT2D eigenvalue weighted by molar-refractivity contribution is 7.11. The molecule has 0 atom stereocenters. The summed E-state index contributed by atoms with van der Waals surface area (Å²) in [5, 5.41) is 11.8. The fourth-order valence-corrected chi connectivity index (χ4v) is 5.04. The number of nitrogens with zero attached hydrogens (tertiary/aromatic N) is 3. The van der Waals surface area contributed by atoms with Crippen molar-refractivity contribution in [2.75, 3.05) is 48.6 Å². The molecule has 0 fully saturated rings. The molecule has 0 aliphatic rings. The monoisotopic (exact) mass is 631 g/mol. The lowest BCUT2D eigenvalue weighted by Gasteiger charge is -2.13. The molecule has 0 unspecified atom stereocenters. The standard InChI is InChI=1S/C36H33N5O4S/c1-40(2)30-19-11-26(12-20-30)34(42)37-28-15-7-24(8-16-28)33(39-45-36(44)32-6-5-23-46-32)25-9-17-29(18-10-25)38-35(43)27-13-21-31(22-14-27)41(3)4/h5-23H,1-4H3,(H,37,42)(H,38,43). The SMILES string of the molecule is CN(C)c1ccc(C(=O)Nc2ccc(C(=NOC(=O)c3cccs3)c3ccc(NC(=O)c4ccc(N(C)C)cc4)cc3)cc2)cc1. The first-order chi connectivity index (χ1) is 22.2. The number of hydrogen-bond acceptors (Lipinski definition) is 8. The van der Waals surface area contributed by atoms with E-state index >= 15 is 0 Å². The zero-order valence-electron chi connectivity index (χ0n) is 25.9. The van der Waals surface area contributed by atoms with E-state index in [0.717, 1.165) is 11.4 Å². The highest BCUT2D eigenvalue weighted by atomic mass is 32.1. The number of hydrogen-bond donors (Lipinski definition) is 2. The molecule has 4 aromatic carbocycles. The van der Waals surface area contributed by atoms with Gasteiger partial charge >= 0.3 is 5.97 Å². The molecule has 9 nitrogen and oxygen atoms in total. The molecule has 46 heavy (non-hydrogen) atoms. The van der Waals surface area contributed by atoms with Crippen LogP contribution in [0, 0.1) is 0 Å². The third-order valence-electron chi connectivity index (χ3n) is 7.07. The van der Waals surface area contributed by atoms with Gasteiger partial charge in [-0.05, 0) is 84.2 Å². The molecule has 0 spiro atoms. The van der Waals surface area contributed by atoms with Crippen molar-refractivity contribution >= 4 is 57.6 Å². The number of amides is 2. The number of oxime groups is 1. The van der Waals surface area contributed by atoms with Crippen LogP contribution in [0.3, 0.4) is 0 Å². The highest BCUT2D eigenvalue weighted by Gasteiger charge is 2.14. The Morgan fingerprint density at radius 1 is 0.587 bits per heavy atom. The minimum Gasteiger partial charge on any atom is -0.378 e. The van der Waals surface area contributed by atoms with E-state index in [9.17, 15) is 14.4 Å². The smallest absolute Gasteiger partial charge is 0.375 e. The van der Waals surface area contributed by atoms with Crippen LogP contribution in [0.15, 0.2) is 120 Å². The summed E-state index contributed by atoms with van der Waals surface area (Å²) >= 11 is 1.26. The quantitative estimate of drug-likeness (QED) is 0.0978. The summed E-state index contributed by atoms with van der Waals surface area (Å²) in [5.74, 6) is -1.04. The molecular weight excluding hydrogens is 598 g/mol. The van der Waals surface area contributed by atoms with E-state index < -0.39 is 5.97 Å². The van der Waals surface area contributed by atoms with Crippen molar-refractivity contribution in [3.63, 3.8) is 0 Å². The number of rotatable bonds is 10. The van der Waals surface area contributed by atoms with Crippen molar-refractivity contribution in [2.24, 2.45) is 5.16 Å². The summed E-state index contributed by atoms with van der Waals surface area (Å²) in [6.07, 6.45) is 0. The van der Waals surface area contributed by atoms with Gasteiger partial charge in [0.15, 0.2) is 0 Å². The number of anilines is 4. The minimum atomic E-state index is -0.569. The molecule has 0 radical (unpaired) electrons. The second kappa shape index (κ2) is 14.4. The fourth-order valence-electron chi connectivity index (χ4n) is 4.45. The van der Waals surface area contributed by atoms with Gasteiger partial charge in [-0.2, -0.15) is 0 Å². The van der Waals surface area contributed by atoms with Gasteiger partial charge in [-0.25, -0.2) is 4.79 Å². The molecule has 232 valence electrons. The molecular formula is C36H33N5O4S. The van der Waals surface area contributed by atoms with Crippen molar-refractivity contribution in [2.45, 2.75) is 0 Å². The minimum absolute atomic E-state index is 0.233. The normalized spacial score (nSPS) is 10.4. The molecule has 0 saturated heterocycles. The highest BCUT2D eigenvalue weighted by Crippen LogP contribution is 2.21. The van der Waals surface area contributed by atoms with Crippen molar-refractivity contribution in [3.8, 4) is 0 Å². The number of carbonyl (C=O) groups excluding carboxylic acids is 3. The lowest BCUT2D eigenvalue weighted by molar-refractivity contribution is 0.0522. The number of benzene rings is 4. The zero-order chi connectivity index (χ0) is 32.6. The molecule has 0 bridgehead atoms. The molecule has 0 saturated carbocycles. The second-order valence-corrected chi connectivity index (χ2v) is 11.7. The Bertz CT molecular complexity index is 1720. The lowest BCUT2D eigenvalue weighted by Crippen LogP contribution is -2.14. The van der Waals surface area contributed by atoms with Gasteiger partial charge in [0, 0.05) is 73.2 Å². The third kappa shape index (κ3) is 7.85. The lowest BCUT2D eigenvalue weighted by atomic mass is 10.0. The van der Waals surface area contributed by atoms with E-state index in [0.29, 0.717) is 44.2 Å². The van der Waals surface area contributed by atoms with Crippen LogP contribution in [-0.4, -0.2) is 51.7 Å². The van der Waals surface area contributed by atoms with E-state index in [1.54, 1.807) is 90.3 Å². The van der Waals surface area contributed by atoms with Gasteiger partial charge in [0.2, 0.25) is 0 Å². The van der Waals surface area contributed by atoms with E-state index in [4.69, 9.17) is 4.84 Å². The summed E-state index contributed by atoms with van der Waals surface area (Å²) in [6, 6.07) is 32.3. The van der Waals surface area contributed by atoms with Crippen molar-refractivity contribution in [1.82, 2.24) is 0 Å². The Balaban J connectivity index is 1.33. The number of nitrogens with one attached hydrogen (secondary N) is 2. The largest absolute Gasteiger partial charge is 0.378 e. The van der Waals surface area contributed by atoms with Gasteiger partial charge < -0.3 is 25.3 Å². The average molecular weight is 632 g/mol. The summed E-state index contributed by atoms with van der Waals surface area (Å²) in [7, 11) is 7.76. The molecule has 2 N–H and O–H groups in total. The number of carbonyl (C=O) groups is 3. The molecule has 0 aliphatic carbocycles. The van der Waals surface area contributed by atoms with E-state index in [1.807, 2.05) is 62.3 Å². The van der Waals surface area contributed by atoms with Crippen molar-refractivity contribution < 1.29 is 19.2 Å². The second-order valence-electron chi connectivity index (χ2n) is 10.7. The molecule has 5 aromatic rings. The molecule has 0 aliphatic heterocycles.